The fourth-order valence-corrected chi connectivity index (χ4v) is 2.94. The number of guanidine groups is 1. The molecule has 0 spiro atoms. The van der Waals surface area contributed by atoms with Crippen LogP contribution < -0.4 is 10.6 Å². The molecule has 0 aromatic carbocycles. The lowest BCUT2D eigenvalue weighted by Gasteiger charge is -2.17. The van der Waals surface area contributed by atoms with Crippen molar-refractivity contribution in [2.75, 3.05) is 39.8 Å². The molecule has 1 fully saturated rings. The van der Waals surface area contributed by atoms with Gasteiger partial charge in [0.1, 0.15) is 0 Å². The van der Waals surface area contributed by atoms with Crippen LogP contribution in [0.25, 0.3) is 0 Å². The summed E-state index contributed by atoms with van der Waals surface area (Å²) in [6.07, 6.45) is 6.43. The van der Waals surface area contributed by atoms with Crippen LogP contribution in [0.3, 0.4) is 0 Å². The number of aliphatic imine (C=N–C) groups is 1. The van der Waals surface area contributed by atoms with E-state index in [1.807, 2.05) is 7.05 Å². The first-order valence-corrected chi connectivity index (χ1v) is 8.82. The second kappa shape index (κ2) is 10.9. The lowest BCUT2D eigenvalue weighted by atomic mass is 10.1. The predicted octanol–water partition coefficient (Wildman–Crippen LogP) is 2.71. The fraction of sp³-hybridized carbons (Fsp3) is 0.941. The van der Waals surface area contributed by atoms with Crippen LogP contribution in [0.15, 0.2) is 4.99 Å². The van der Waals surface area contributed by atoms with E-state index in [4.69, 9.17) is 0 Å². The first-order chi connectivity index (χ1) is 10.2. The predicted molar refractivity (Wildman–Crippen MR) is 92.9 cm³/mol. The molecule has 1 atom stereocenters. The number of rotatable bonds is 9. The average molecular weight is 297 g/mol. The van der Waals surface area contributed by atoms with Gasteiger partial charge in [-0.1, -0.05) is 33.6 Å². The summed E-state index contributed by atoms with van der Waals surface area (Å²) in [6.45, 7) is 12.7. The average Bonchev–Trinajstić information content (AvgIpc) is 2.89. The Morgan fingerprint density at radius 3 is 2.76 bits per heavy atom. The molecule has 0 amide bonds. The lowest BCUT2D eigenvalue weighted by Crippen LogP contribution is -2.40. The van der Waals surface area contributed by atoms with Crippen LogP contribution in [0.1, 0.15) is 52.9 Å². The standard InChI is InChI=1S/C17H36N4/c1-5-11-21-12-9-16(14-21)13-20-17(18-4)19-10-7-6-8-15(2)3/h15-16H,5-14H2,1-4H3,(H2,18,19,20). The molecule has 21 heavy (non-hydrogen) atoms. The van der Waals surface area contributed by atoms with E-state index in [2.05, 4.69) is 41.3 Å². The third-order valence-corrected chi connectivity index (χ3v) is 4.19. The Labute approximate surface area is 131 Å². The van der Waals surface area contributed by atoms with Crippen LogP contribution >= 0.6 is 0 Å². The summed E-state index contributed by atoms with van der Waals surface area (Å²) in [5.41, 5.74) is 0. The van der Waals surface area contributed by atoms with Gasteiger partial charge in [0, 0.05) is 26.7 Å². The molecular formula is C17H36N4. The molecule has 1 unspecified atom stereocenters. The van der Waals surface area contributed by atoms with Gasteiger partial charge in [0.2, 0.25) is 0 Å². The van der Waals surface area contributed by atoms with Crippen LogP contribution in [-0.4, -0.2) is 50.6 Å². The van der Waals surface area contributed by atoms with E-state index in [1.165, 1.54) is 51.7 Å². The van der Waals surface area contributed by atoms with Crippen LogP contribution in [-0.2, 0) is 0 Å². The minimum absolute atomic E-state index is 0.774. The number of nitrogens with zero attached hydrogens (tertiary/aromatic N) is 2. The molecule has 124 valence electrons. The molecule has 4 nitrogen and oxygen atoms in total. The second-order valence-electron chi connectivity index (χ2n) is 6.72. The summed E-state index contributed by atoms with van der Waals surface area (Å²) < 4.78 is 0. The van der Waals surface area contributed by atoms with Crippen molar-refractivity contribution in [3.05, 3.63) is 0 Å². The van der Waals surface area contributed by atoms with E-state index in [-0.39, 0.29) is 0 Å². The van der Waals surface area contributed by atoms with Crippen LogP contribution in [0.5, 0.6) is 0 Å². The lowest BCUT2D eigenvalue weighted by molar-refractivity contribution is 0.324. The normalized spacial score (nSPS) is 20.2. The van der Waals surface area contributed by atoms with Crippen molar-refractivity contribution in [1.29, 1.82) is 0 Å². The van der Waals surface area contributed by atoms with Gasteiger partial charge >= 0.3 is 0 Å². The third kappa shape index (κ3) is 8.30. The van der Waals surface area contributed by atoms with E-state index in [1.54, 1.807) is 0 Å². The van der Waals surface area contributed by atoms with E-state index in [0.717, 1.165) is 30.9 Å². The van der Waals surface area contributed by atoms with Gasteiger partial charge in [-0.2, -0.15) is 0 Å². The molecule has 0 bridgehead atoms. The second-order valence-corrected chi connectivity index (χ2v) is 6.72. The zero-order chi connectivity index (χ0) is 15.5. The van der Waals surface area contributed by atoms with Crippen molar-refractivity contribution in [3.8, 4) is 0 Å². The Balaban J connectivity index is 2.09. The fourth-order valence-electron chi connectivity index (χ4n) is 2.94. The maximum absolute atomic E-state index is 4.32. The zero-order valence-electron chi connectivity index (χ0n) is 14.6. The number of hydrogen-bond acceptors (Lipinski definition) is 2. The molecular weight excluding hydrogens is 260 g/mol. The van der Waals surface area contributed by atoms with Crippen molar-refractivity contribution in [2.24, 2.45) is 16.8 Å². The van der Waals surface area contributed by atoms with E-state index < -0.39 is 0 Å². The maximum Gasteiger partial charge on any atom is 0.190 e. The summed E-state index contributed by atoms with van der Waals surface area (Å²) >= 11 is 0. The SMILES string of the molecule is CCCN1CCC(CNC(=NC)NCCCCC(C)C)C1. The Hall–Kier alpha value is -0.770. The minimum Gasteiger partial charge on any atom is -0.356 e. The molecule has 0 radical (unpaired) electrons. The summed E-state index contributed by atoms with van der Waals surface area (Å²) in [6, 6.07) is 0. The van der Waals surface area contributed by atoms with Gasteiger partial charge in [-0.05, 0) is 44.2 Å². The Morgan fingerprint density at radius 1 is 1.29 bits per heavy atom. The molecule has 0 aromatic rings. The molecule has 1 aliphatic heterocycles. The van der Waals surface area contributed by atoms with Gasteiger partial charge in [-0.3, -0.25) is 4.99 Å². The number of hydrogen-bond donors (Lipinski definition) is 2. The first kappa shape index (κ1) is 18.3. The Bertz CT molecular complexity index is 289. The van der Waals surface area contributed by atoms with Crippen molar-refractivity contribution >= 4 is 5.96 Å². The van der Waals surface area contributed by atoms with Crippen molar-refractivity contribution < 1.29 is 0 Å². The van der Waals surface area contributed by atoms with Gasteiger partial charge in [0.05, 0.1) is 0 Å². The van der Waals surface area contributed by atoms with Gasteiger partial charge in [-0.25, -0.2) is 0 Å². The molecule has 4 heteroatoms. The number of unbranched alkanes of at least 4 members (excludes halogenated alkanes) is 1. The molecule has 1 aliphatic rings. The van der Waals surface area contributed by atoms with E-state index >= 15 is 0 Å². The molecule has 1 saturated heterocycles. The van der Waals surface area contributed by atoms with Crippen LogP contribution in [0.4, 0.5) is 0 Å². The molecule has 2 N–H and O–H groups in total. The molecule has 0 aromatic heterocycles. The van der Waals surface area contributed by atoms with Crippen LogP contribution in [0, 0.1) is 11.8 Å². The van der Waals surface area contributed by atoms with E-state index in [0.29, 0.717) is 0 Å². The number of nitrogens with one attached hydrogen (secondary N) is 2. The highest BCUT2D eigenvalue weighted by atomic mass is 15.2. The van der Waals surface area contributed by atoms with Crippen LogP contribution in [0.2, 0.25) is 0 Å². The third-order valence-electron chi connectivity index (χ3n) is 4.19. The molecule has 0 saturated carbocycles. The quantitative estimate of drug-likeness (QED) is 0.390. The highest BCUT2D eigenvalue weighted by Gasteiger charge is 2.21. The molecule has 1 rings (SSSR count). The highest BCUT2D eigenvalue weighted by molar-refractivity contribution is 5.79. The van der Waals surface area contributed by atoms with Gasteiger partial charge in [0.25, 0.3) is 0 Å². The van der Waals surface area contributed by atoms with Crippen molar-refractivity contribution in [2.45, 2.75) is 52.9 Å². The minimum atomic E-state index is 0.774. The highest BCUT2D eigenvalue weighted by Crippen LogP contribution is 2.15. The first-order valence-electron chi connectivity index (χ1n) is 8.82. The largest absolute Gasteiger partial charge is 0.356 e. The van der Waals surface area contributed by atoms with E-state index in [9.17, 15) is 0 Å². The summed E-state index contributed by atoms with van der Waals surface area (Å²) in [7, 11) is 1.86. The van der Waals surface area contributed by atoms with Gasteiger partial charge < -0.3 is 15.5 Å². The molecule has 1 heterocycles. The molecule has 0 aliphatic carbocycles. The summed E-state index contributed by atoms with van der Waals surface area (Å²) in [5.74, 6) is 2.56. The topological polar surface area (TPSA) is 39.7 Å². The monoisotopic (exact) mass is 296 g/mol. The van der Waals surface area contributed by atoms with Crippen molar-refractivity contribution in [3.63, 3.8) is 0 Å². The summed E-state index contributed by atoms with van der Waals surface area (Å²) in [5, 5.41) is 6.91. The summed E-state index contributed by atoms with van der Waals surface area (Å²) in [4.78, 5) is 6.90. The number of likely N-dealkylation sites (tertiary alicyclic amines) is 1. The van der Waals surface area contributed by atoms with Crippen molar-refractivity contribution in [1.82, 2.24) is 15.5 Å². The van der Waals surface area contributed by atoms with Gasteiger partial charge in [0.15, 0.2) is 5.96 Å². The zero-order valence-corrected chi connectivity index (χ0v) is 14.6. The maximum atomic E-state index is 4.32. The Morgan fingerprint density at radius 2 is 2.10 bits per heavy atom. The Kier molecular flexibility index (Phi) is 9.48. The van der Waals surface area contributed by atoms with Gasteiger partial charge in [-0.15, -0.1) is 0 Å². The smallest absolute Gasteiger partial charge is 0.190 e.